The summed E-state index contributed by atoms with van der Waals surface area (Å²) in [5.41, 5.74) is 4.68. The van der Waals surface area contributed by atoms with Gasteiger partial charge in [0.2, 0.25) is 0 Å². The maximum absolute atomic E-state index is 11.3. The molecule has 0 amide bonds. The number of hydrogen-bond donors (Lipinski definition) is 1. The third kappa shape index (κ3) is 2.00. The van der Waals surface area contributed by atoms with Gasteiger partial charge in [-0.15, -0.1) is 0 Å². The molecule has 1 N–H and O–H groups in total. The zero-order chi connectivity index (χ0) is 16.0. The van der Waals surface area contributed by atoms with E-state index in [2.05, 4.69) is 6.07 Å². The standard InChI is InChI=1S/C20H16O3/c1-23-16-7-4-12(5-8-16)17-9-6-13-2-3-14-10-15(11-21)20(22)19(17)18(13)14/h4-11,22H,2-3H2,1H3. The number of hydrogen-bond acceptors (Lipinski definition) is 3. The summed E-state index contributed by atoms with van der Waals surface area (Å²) in [6.07, 6.45) is 2.60. The second kappa shape index (κ2) is 5.13. The largest absolute Gasteiger partial charge is 0.507 e. The fourth-order valence-corrected chi connectivity index (χ4v) is 3.51. The smallest absolute Gasteiger partial charge is 0.153 e. The van der Waals surface area contributed by atoms with Crippen LogP contribution in [0.25, 0.3) is 21.9 Å². The number of benzene rings is 3. The van der Waals surface area contributed by atoms with Crippen LogP contribution in [0.3, 0.4) is 0 Å². The quantitative estimate of drug-likeness (QED) is 0.740. The number of aromatic hydroxyl groups is 1. The zero-order valence-electron chi connectivity index (χ0n) is 12.8. The molecule has 114 valence electrons. The lowest BCUT2D eigenvalue weighted by atomic mass is 9.93. The SMILES string of the molecule is COc1ccc(-c2ccc3c4c(cc(C=O)c(O)c24)CC3)cc1. The molecule has 3 heteroatoms. The fourth-order valence-electron chi connectivity index (χ4n) is 3.51. The maximum atomic E-state index is 11.3. The van der Waals surface area contributed by atoms with E-state index in [9.17, 15) is 9.90 Å². The van der Waals surface area contributed by atoms with Crippen molar-refractivity contribution in [2.45, 2.75) is 12.8 Å². The summed E-state index contributed by atoms with van der Waals surface area (Å²) >= 11 is 0. The van der Waals surface area contributed by atoms with Crippen LogP contribution in [0.5, 0.6) is 11.5 Å². The van der Waals surface area contributed by atoms with Gasteiger partial charge in [0.05, 0.1) is 12.7 Å². The van der Waals surface area contributed by atoms with E-state index in [1.165, 1.54) is 5.56 Å². The number of carbonyl (C=O) groups excluding carboxylic acids is 1. The Morgan fingerprint density at radius 2 is 1.74 bits per heavy atom. The lowest BCUT2D eigenvalue weighted by Crippen LogP contribution is -1.91. The molecule has 23 heavy (non-hydrogen) atoms. The maximum Gasteiger partial charge on any atom is 0.153 e. The van der Waals surface area contributed by atoms with Gasteiger partial charge in [0.25, 0.3) is 0 Å². The molecule has 0 atom stereocenters. The van der Waals surface area contributed by atoms with Crippen molar-refractivity contribution in [3.63, 3.8) is 0 Å². The number of ether oxygens (including phenoxy) is 1. The molecule has 0 aromatic heterocycles. The van der Waals surface area contributed by atoms with Gasteiger partial charge in [-0.2, -0.15) is 0 Å². The Bertz CT molecular complexity index is 924. The highest BCUT2D eigenvalue weighted by Crippen LogP contribution is 2.43. The van der Waals surface area contributed by atoms with Gasteiger partial charge < -0.3 is 9.84 Å². The van der Waals surface area contributed by atoms with Crippen LogP contribution in [0.4, 0.5) is 0 Å². The Morgan fingerprint density at radius 3 is 2.43 bits per heavy atom. The van der Waals surface area contributed by atoms with Crippen LogP contribution < -0.4 is 4.74 Å². The van der Waals surface area contributed by atoms with Crippen molar-refractivity contribution in [2.75, 3.05) is 7.11 Å². The molecule has 1 aliphatic carbocycles. The summed E-state index contributed by atoms with van der Waals surface area (Å²) in [6.45, 7) is 0. The molecule has 3 aromatic rings. The van der Waals surface area contributed by atoms with Gasteiger partial charge in [-0.3, -0.25) is 4.79 Å². The van der Waals surface area contributed by atoms with Crippen molar-refractivity contribution < 1.29 is 14.6 Å². The molecule has 1 aliphatic rings. The van der Waals surface area contributed by atoms with Gasteiger partial charge in [0.1, 0.15) is 11.5 Å². The van der Waals surface area contributed by atoms with Gasteiger partial charge in [-0.25, -0.2) is 0 Å². The molecule has 3 aromatic carbocycles. The van der Waals surface area contributed by atoms with E-state index >= 15 is 0 Å². The molecule has 0 bridgehead atoms. The molecule has 0 saturated heterocycles. The molecule has 4 rings (SSSR count). The van der Waals surface area contributed by atoms with Gasteiger partial charge in [-0.1, -0.05) is 24.3 Å². The molecule has 0 unspecified atom stereocenters. The van der Waals surface area contributed by atoms with Crippen molar-refractivity contribution in [3.8, 4) is 22.6 Å². The molecule has 3 nitrogen and oxygen atoms in total. The van der Waals surface area contributed by atoms with Crippen LogP contribution >= 0.6 is 0 Å². The van der Waals surface area contributed by atoms with Crippen molar-refractivity contribution in [3.05, 3.63) is 59.2 Å². The molecule has 0 aliphatic heterocycles. The molecular weight excluding hydrogens is 288 g/mol. The summed E-state index contributed by atoms with van der Waals surface area (Å²) in [7, 11) is 1.64. The van der Waals surface area contributed by atoms with E-state index in [0.717, 1.165) is 52.3 Å². The number of aryl methyl sites for hydroxylation is 2. The van der Waals surface area contributed by atoms with Gasteiger partial charge >= 0.3 is 0 Å². The lowest BCUT2D eigenvalue weighted by Gasteiger charge is -2.13. The number of methoxy groups -OCH3 is 1. The molecule has 0 radical (unpaired) electrons. The average molecular weight is 304 g/mol. The highest BCUT2D eigenvalue weighted by molar-refractivity contribution is 6.08. The summed E-state index contributed by atoms with van der Waals surface area (Å²) < 4.78 is 5.21. The van der Waals surface area contributed by atoms with Crippen LogP contribution in [0.1, 0.15) is 21.5 Å². The average Bonchev–Trinajstić information content (AvgIpc) is 3.01. The highest BCUT2D eigenvalue weighted by atomic mass is 16.5. The third-order valence-corrected chi connectivity index (χ3v) is 4.64. The molecule has 0 saturated carbocycles. The van der Waals surface area contributed by atoms with Crippen LogP contribution in [0, 0.1) is 0 Å². The Kier molecular flexibility index (Phi) is 3.08. The molecule has 0 spiro atoms. The molecule has 0 heterocycles. The number of phenols is 1. The van der Waals surface area contributed by atoms with E-state index in [1.54, 1.807) is 7.11 Å². The summed E-state index contributed by atoms with van der Waals surface area (Å²) in [6, 6.07) is 13.7. The minimum atomic E-state index is 0.0771. The summed E-state index contributed by atoms with van der Waals surface area (Å²) in [5, 5.41) is 12.5. The van der Waals surface area contributed by atoms with Gasteiger partial charge in [0, 0.05) is 5.39 Å². The van der Waals surface area contributed by atoms with E-state index in [0.29, 0.717) is 5.56 Å². The first kappa shape index (κ1) is 13.8. The summed E-state index contributed by atoms with van der Waals surface area (Å²) in [4.78, 5) is 11.3. The van der Waals surface area contributed by atoms with Crippen LogP contribution in [0.2, 0.25) is 0 Å². The number of aldehydes is 1. The first-order valence-electron chi connectivity index (χ1n) is 7.63. The Balaban J connectivity index is 2.05. The zero-order valence-corrected chi connectivity index (χ0v) is 12.8. The second-order valence-corrected chi connectivity index (χ2v) is 5.84. The number of carbonyl (C=O) groups is 1. The predicted octanol–water partition coefficient (Wildman–Crippen LogP) is 4.13. The van der Waals surface area contributed by atoms with E-state index in [-0.39, 0.29) is 5.75 Å². The highest BCUT2D eigenvalue weighted by Gasteiger charge is 2.21. The van der Waals surface area contributed by atoms with Crippen LogP contribution in [-0.2, 0) is 12.8 Å². The van der Waals surface area contributed by atoms with Crippen molar-refractivity contribution in [2.24, 2.45) is 0 Å². The molecular formula is C20H16O3. The Morgan fingerprint density at radius 1 is 1.00 bits per heavy atom. The van der Waals surface area contributed by atoms with Crippen molar-refractivity contribution in [1.29, 1.82) is 0 Å². The first-order valence-corrected chi connectivity index (χ1v) is 7.63. The van der Waals surface area contributed by atoms with E-state index in [4.69, 9.17) is 4.74 Å². The third-order valence-electron chi connectivity index (χ3n) is 4.64. The molecule has 0 fully saturated rings. The minimum Gasteiger partial charge on any atom is -0.507 e. The van der Waals surface area contributed by atoms with Crippen molar-refractivity contribution in [1.82, 2.24) is 0 Å². The topological polar surface area (TPSA) is 46.5 Å². The lowest BCUT2D eigenvalue weighted by molar-refractivity contribution is 0.112. The van der Waals surface area contributed by atoms with Crippen LogP contribution in [0.15, 0.2) is 42.5 Å². The first-order chi connectivity index (χ1) is 11.2. The van der Waals surface area contributed by atoms with Gasteiger partial charge in [-0.05, 0) is 58.7 Å². The summed E-state index contributed by atoms with van der Waals surface area (Å²) in [5.74, 6) is 0.866. The van der Waals surface area contributed by atoms with E-state index < -0.39 is 0 Å². The Labute approximate surface area is 134 Å². The number of phenolic OH excluding ortho intramolecular Hbond substituents is 1. The monoisotopic (exact) mass is 304 g/mol. The van der Waals surface area contributed by atoms with Crippen LogP contribution in [-0.4, -0.2) is 18.5 Å². The minimum absolute atomic E-state index is 0.0771. The number of rotatable bonds is 3. The Hall–Kier alpha value is -2.81. The van der Waals surface area contributed by atoms with Gasteiger partial charge in [0.15, 0.2) is 6.29 Å². The fraction of sp³-hybridized carbons (Fsp3) is 0.150. The predicted molar refractivity (Wildman–Crippen MR) is 90.4 cm³/mol. The van der Waals surface area contributed by atoms with Crippen molar-refractivity contribution >= 4 is 17.1 Å². The van der Waals surface area contributed by atoms with E-state index in [1.807, 2.05) is 36.4 Å². The second-order valence-electron chi connectivity index (χ2n) is 5.84. The normalized spacial score (nSPS) is 12.6.